The van der Waals surface area contributed by atoms with Gasteiger partial charge in [0.05, 0.1) is 7.11 Å². The molecule has 21 heavy (non-hydrogen) atoms. The molecule has 0 bridgehead atoms. The van der Waals surface area contributed by atoms with Crippen molar-refractivity contribution in [3.8, 4) is 5.75 Å². The molecule has 1 aliphatic rings. The first-order valence-corrected chi connectivity index (χ1v) is 8.25. The molecule has 1 fully saturated rings. The van der Waals surface area contributed by atoms with Crippen molar-refractivity contribution in [3.63, 3.8) is 0 Å². The molecule has 0 amide bonds. The predicted molar refractivity (Wildman–Crippen MR) is 90.5 cm³/mol. The fourth-order valence-electron chi connectivity index (χ4n) is 3.40. The number of ether oxygens (including phenoxy) is 1. The maximum Gasteiger partial charge on any atom is 0.119 e. The molecule has 1 atom stereocenters. The third kappa shape index (κ3) is 3.18. The van der Waals surface area contributed by atoms with E-state index < -0.39 is 0 Å². The second kappa shape index (κ2) is 6.69. The molecule has 3 heteroatoms. The topological polar surface area (TPSA) is 24.5 Å². The average molecular weight is 290 g/mol. The summed E-state index contributed by atoms with van der Waals surface area (Å²) in [6.45, 7) is 11.2. The standard InChI is InChI=1S/C18H30N2O/c1-6-15-12-19-18(7-2,8-3)13-20(15)17-10-9-16(21-5)11-14(17)4/h9-11,15,19H,6-8,12-13H2,1-5H3. The molecule has 0 radical (unpaired) electrons. The van der Waals surface area contributed by atoms with Gasteiger partial charge in [0.1, 0.15) is 5.75 Å². The molecule has 1 heterocycles. The highest BCUT2D eigenvalue weighted by atomic mass is 16.5. The van der Waals surface area contributed by atoms with E-state index >= 15 is 0 Å². The van der Waals surface area contributed by atoms with Gasteiger partial charge < -0.3 is 15.0 Å². The van der Waals surface area contributed by atoms with Gasteiger partial charge in [0, 0.05) is 30.4 Å². The molecule has 1 N–H and O–H groups in total. The molecule has 1 aromatic rings. The fourth-order valence-corrected chi connectivity index (χ4v) is 3.40. The minimum absolute atomic E-state index is 0.248. The second-order valence-electron chi connectivity index (χ2n) is 6.21. The van der Waals surface area contributed by atoms with Crippen LogP contribution >= 0.6 is 0 Å². The van der Waals surface area contributed by atoms with Gasteiger partial charge in [-0.15, -0.1) is 0 Å². The normalized spacial score (nSPS) is 21.4. The summed E-state index contributed by atoms with van der Waals surface area (Å²) in [7, 11) is 1.73. The van der Waals surface area contributed by atoms with Crippen molar-refractivity contribution in [2.75, 3.05) is 25.1 Å². The Labute approximate surface area is 129 Å². The highest BCUT2D eigenvalue weighted by Gasteiger charge is 2.36. The Morgan fingerprint density at radius 1 is 1.29 bits per heavy atom. The van der Waals surface area contributed by atoms with Crippen molar-refractivity contribution in [1.29, 1.82) is 0 Å². The molecule has 1 unspecified atom stereocenters. The van der Waals surface area contributed by atoms with Crippen LogP contribution in [0.2, 0.25) is 0 Å². The zero-order valence-corrected chi connectivity index (χ0v) is 14.2. The maximum absolute atomic E-state index is 5.34. The van der Waals surface area contributed by atoms with E-state index in [1.54, 1.807) is 7.11 Å². The Kier molecular flexibility index (Phi) is 5.15. The van der Waals surface area contributed by atoms with Crippen molar-refractivity contribution in [2.45, 2.75) is 58.5 Å². The van der Waals surface area contributed by atoms with Gasteiger partial charge in [-0.05, 0) is 49.9 Å². The van der Waals surface area contributed by atoms with Gasteiger partial charge in [-0.25, -0.2) is 0 Å². The van der Waals surface area contributed by atoms with Crippen LogP contribution in [0.1, 0.15) is 45.6 Å². The molecule has 1 aliphatic heterocycles. The van der Waals surface area contributed by atoms with Crippen LogP contribution in [0.3, 0.4) is 0 Å². The molecule has 0 aromatic heterocycles. The number of nitrogens with one attached hydrogen (secondary N) is 1. The molecule has 0 spiro atoms. The highest BCUT2D eigenvalue weighted by Crippen LogP contribution is 2.32. The summed E-state index contributed by atoms with van der Waals surface area (Å²) in [6, 6.07) is 7.02. The summed E-state index contributed by atoms with van der Waals surface area (Å²) >= 11 is 0. The molecule has 0 aliphatic carbocycles. The van der Waals surface area contributed by atoms with E-state index in [0.717, 1.165) is 18.8 Å². The molecule has 1 saturated heterocycles. The van der Waals surface area contributed by atoms with Crippen molar-refractivity contribution < 1.29 is 4.74 Å². The van der Waals surface area contributed by atoms with E-state index in [0.29, 0.717) is 6.04 Å². The minimum Gasteiger partial charge on any atom is -0.497 e. The van der Waals surface area contributed by atoms with Gasteiger partial charge in [0.2, 0.25) is 0 Å². The first-order valence-electron chi connectivity index (χ1n) is 8.25. The Morgan fingerprint density at radius 3 is 2.52 bits per heavy atom. The fraction of sp³-hybridized carbons (Fsp3) is 0.667. The van der Waals surface area contributed by atoms with Crippen LogP contribution < -0.4 is 15.0 Å². The molecule has 118 valence electrons. The molecular formula is C18H30N2O. The lowest BCUT2D eigenvalue weighted by Crippen LogP contribution is -2.64. The van der Waals surface area contributed by atoms with E-state index in [9.17, 15) is 0 Å². The van der Waals surface area contributed by atoms with Gasteiger partial charge >= 0.3 is 0 Å². The van der Waals surface area contributed by atoms with Crippen LogP contribution in [-0.2, 0) is 0 Å². The third-order valence-corrected chi connectivity index (χ3v) is 5.16. The van der Waals surface area contributed by atoms with Gasteiger partial charge in [-0.2, -0.15) is 0 Å². The van der Waals surface area contributed by atoms with E-state index in [-0.39, 0.29) is 5.54 Å². The van der Waals surface area contributed by atoms with E-state index in [2.05, 4.69) is 56.1 Å². The number of hydrogen-bond donors (Lipinski definition) is 1. The number of anilines is 1. The number of aryl methyl sites for hydroxylation is 1. The Bertz CT molecular complexity index is 468. The summed E-state index contributed by atoms with van der Waals surface area (Å²) in [5.41, 5.74) is 2.91. The summed E-state index contributed by atoms with van der Waals surface area (Å²) in [6.07, 6.45) is 3.51. The average Bonchev–Trinajstić information content (AvgIpc) is 2.54. The van der Waals surface area contributed by atoms with Crippen LogP contribution in [0.15, 0.2) is 18.2 Å². The molecule has 1 aromatic carbocycles. The number of benzene rings is 1. The van der Waals surface area contributed by atoms with Crippen molar-refractivity contribution >= 4 is 5.69 Å². The zero-order valence-electron chi connectivity index (χ0n) is 14.2. The predicted octanol–water partition coefficient (Wildman–Crippen LogP) is 3.75. The summed E-state index contributed by atoms with van der Waals surface area (Å²) < 4.78 is 5.34. The first kappa shape index (κ1) is 16.2. The lowest BCUT2D eigenvalue weighted by atomic mass is 9.87. The monoisotopic (exact) mass is 290 g/mol. The van der Waals surface area contributed by atoms with Crippen molar-refractivity contribution in [2.24, 2.45) is 0 Å². The number of hydrogen-bond acceptors (Lipinski definition) is 3. The minimum atomic E-state index is 0.248. The SMILES string of the molecule is CCC1CNC(CC)(CC)CN1c1ccc(OC)cc1C. The van der Waals surface area contributed by atoms with Gasteiger partial charge in [0.15, 0.2) is 0 Å². The summed E-state index contributed by atoms with van der Waals surface area (Å²) in [4.78, 5) is 2.61. The van der Waals surface area contributed by atoms with Crippen LogP contribution in [0.25, 0.3) is 0 Å². The Hall–Kier alpha value is -1.22. The quantitative estimate of drug-likeness (QED) is 0.894. The van der Waals surface area contributed by atoms with E-state index in [4.69, 9.17) is 4.74 Å². The third-order valence-electron chi connectivity index (χ3n) is 5.16. The largest absolute Gasteiger partial charge is 0.497 e. The maximum atomic E-state index is 5.34. The first-order chi connectivity index (χ1) is 10.1. The summed E-state index contributed by atoms with van der Waals surface area (Å²) in [5.74, 6) is 0.941. The number of rotatable bonds is 5. The molecule has 0 saturated carbocycles. The summed E-state index contributed by atoms with van der Waals surface area (Å²) in [5, 5.41) is 3.81. The van der Waals surface area contributed by atoms with E-state index in [1.807, 2.05) is 0 Å². The molecule has 3 nitrogen and oxygen atoms in total. The molecular weight excluding hydrogens is 260 g/mol. The zero-order chi connectivity index (χ0) is 15.5. The number of methoxy groups -OCH3 is 1. The molecule has 2 rings (SSSR count). The van der Waals surface area contributed by atoms with Crippen LogP contribution in [0.4, 0.5) is 5.69 Å². The van der Waals surface area contributed by atoms with Crippen LogP contribution in [-0.4, -0.2) is 31.8 Å². The van der Waals surface area contributed by atoms with Gasteiger partial charge in [-0.3, -0.25) is 0 Å². The van der Waals surface area contributed by atoms with Crippen LogP contribution in [0, 0.1) is 6.92 Å². The highest BCUT2D eigenvalue weighted by molar-refractivity contribution is 5.57. The van der Waals surface area contributed by atoms with Crippen LogP contribution in [0.5, 0.6) is 5.75 Å². The smallest absolute Gasteiger partial charge is 0.119 e. The van der Waals surface area contributed by atoms with Crippen molar-refractivity contribution in [1.82, 2.24) is 5.32 Å². The van der Waals surface area contributed by atoms with Gasteiger partial charge in [-0.1, -0.05) is 20.8 Å². The Morgan fingerprint density at radius 2 is 2.00 bits per heavy atom. The van der Waals surface area contributed by atoms with Crippen molar-refractivity contribution in [3.05, 3.63) is 23.8 Å². The lowest BCUT2D eigenvalue weighted by Gasteiger charge is -2.49. The number of piperazine rings is 1. The van der Waals surface area contributed by atoms with E-state index in [1.165, 1.54) is 30.5 Å². The lowest BCUT2D eigenvalue weighted by molar-refractivity contribution is 0.246. The Balaban J connectivity index is 2.33. The van der Waals surface area contributed by atoms with Gasteiger partial charge in [0.25, 0.3) is 0 Å². The second-order valence-corrected chi connectivity index (χ2v) is 6.21. The number of nitrogens with zero attached hydrogens (tertiary/aromatic N) is 1.